The molecule has 1 aromatic carbocycles. The lowest BCUT2D eigenvalue weighted by molar-refractivity contribution is -0.137. The third-order valence-corrected chi connectivity index (χ3v) is 4.58. The number of oxime groups is 1. The summed E-state index contributed by atoms with van der Waals surface area (Å²) in [7, 11) is -3.41. The van der Waals surface area contributed by atoms with Gasteiger partial charge >= 0.3 is 6.18 Å². The Balaban J connectivity index is 1.63. The highest BCUT2D eigenvalue weighted by Crippen LogP contribution is 2.33. The number of rotatable bonds is 3. The summed E-state index contributed by atoms with van der Waals surface area (Å²) in [4.78, 5) is 8.98. The number of benzene rings is 1. The van der Waals surface area contributed by atoms with E-state index < -0.39 is 27.7 Å². The van der Waals surface area contributed by atoms with Crippen LogP contribution >= 0.6 is 0 Å². The maximum Gasteiger partial charge on any atom is 0.416 e. The van der Waals surface area contributed by atoms with E-state index in [1.165, 1.54) is 30.5 Å². The smallest absolute Gasteiger partial charge is 0.416 e. The molecule has 10 heteroatoms. The van der Waals surface area contributed by atoms with Gasteiger partial charge in [-0.15, -0.1) is 0 Å². The molecular weight excluding hydrogens is 373 g/mol. The molecule has 26 heavy (non-hydrogen) atoms. The molecule has 2 aromatic rings. The van der Waals surface area contributed by atoms with E-state index in [0.29, 0.717) is 5.56 Å². The normalized spacial score (nSPS) is 17.5. The Morgan fingerprint density at radius 2 is 1.85 bits per heavy atom. The number of hydrogen-bond acceptors (Lipinski definition) is 6. The molecule has 0 spiro atoms. The molecule has 0 saturated heterocycles. The van der Waals surface area contributed by atoms with Gasteiger partial charge in [0.2, 0.25) is 5.90 Å². The van der Waals surface area contributed by atoms with Crippen LogP contribution < -0.4 is 4.74 Å². The molecule has 3 rings (SSSR count). The van der Waals surface area contributed by atoms with Crippen molar-refractivity contribution in [3.05, 3.63) is 53.7 Å². The van der Waals surface area contributed by atoms with Crippen LogP contribution in [0.15, 0.2) is 52.8 Å². The first kappa shape index (κ1) is 18.2. The molecular formula is C16H13F3N2O4S. The van der Waals surface area contributed by atoms with Gasteiger partial charge in [-0.05, 0) is 29.8 Å². The van der Waals surface area contributed by atoms with Crippen LogP contribution in [0.1, 0.15) is 23.7 Å². The van der Waals surface area contributed by atoms with Crippen molar-refractivity contribution in [1.29, 1.82) is 0 Å². The third-order valence-electron chi connectivity index (χ3n) is 3.58. The molecule has 1 aliphatic heterocycles. The van der Waals surface area contributed by atoms with Gasteiger partial charge < -0.3 is 9.57 Å². The standard InChI is InChI=1S/C16H13F3N2O4S/c1-26(22,23)15-7-6-12(9-20-15)24-14-8-13(25-21-14)10-2-4-11(5-3-10)16(17,18)19/h2-7,9,13H,8H2,1H3/t13-/m0/s1. The minimum absolute atomic E-state index is 0.0860. The Morgan fingerprint density at radius 3 is 2.38 bits per heavy atom. The van der Waals surface area contributed by atoms with Crippen molar-refractivity contribution < 1.29 is 31.2 Å². The minimum Gasteiger partial charge on any atom is -0.438 e. The number of pyridine rings is 1. The molecule has 0 amide bonds. The van der Waals surface area contributed by atoms with Crippen LogP contribution in [0.5, 0.6) is 5.75 Å². The summed E-state index contributed by atoms with van der Waals surface area (Å²) < 4.78 is 65.9. The molecule has 0 aliphatic carbocycles. The third kappa shape index (κ3) is 4.13. The monoisotopic (exact) mass is 386 g/mol. The van der Waals surface area contributed by atoms with E-state index in [0.717, 1.165) is 18.4 Å². The summed E-state index contributed by atoms with van der Waals surface area (Å²) in [5, 5.41) is 3.67. The fourth-order valence-electron chi connectivity index (χ4n) is 2.26. The van der Waals surface area contributed by atoms with Crippen molar-refractivity contribution in [1.82, 2.24) is 4.98 Å². The fraction of sp³-hybridized carbons (Fsp3) is 0.250. The van der Waals surface area contributed by atoms with Crippen molar-refractivity contribution >= 4 is 15.7 Å². The van der Waals surface area contributed by atoms with Crippen LogP contribution in [0.4, 0.5) is 13.2 Å². The fourth-order valence-corrected chi connectivity index (χ4v) is 2.82. The van der Waals surface area contributed by atoms with Crippen LogP contribution in [0.25, 0.3) is 0 Å². The van der Waals surface area contributed by atoms with Crippen molar-refractivity contribution in [2.75, 3.05) is 6.26 Å². The van der Waals surface area contributed by atoms with Gasteiger partial charge in [0.25, 0.3) is 0 Å². The van der Waals surface area contributed by atoms with Gasteiger partial charge in [0, 0.05) is 6.26 Å². The average Bonchev–Trinajstić information content (AvgIpc) is 3.02. The molecule has 2 heterocycles. The average molecular weight is 386 g/mol. The summed E-state index contributed by atoms with van der Waals surface area (Å²) in [5.74, 6) is 0.483. The first-order valence-corrected chi connectivity index (χ1v) is 9.26. The molecule has 1 atom stereocenters. The molecule has 0 saturated carbocycles. The minimum atomic E-state index is -4.40. The SMILES string of the molecule is CS(=O)(=O)c1ccc(OC2=NO[C@H](c3ccc(C(F)(F)F)cc3)C2)cn1. The Kier molecular flexibility index (Phi) is 4.61. The summed E-state index contributed by atoms with van der Waals surface area (Å²) in [6.07, 6.45) is -2.45. The van der Waals surface area contributed by atoms with Crippen molar-refractivity contribution in [2.24, 2.45) is 5.16 Å². The largest absolute Gasteiger partial charge is 0.438 e. The molecule has 0 radical (unpaired) electrons. The number of halogens is 3. The maximum atomic E-state index is 12.6. The molecule has 0 N–H and O–H groups in total. The predicted molar refractivity (Wildman–Crippen MR) is 85.3 cm³/mol. The molecule has 1 aromatic heterocycles. The Hall–Kier alpha value is -2.62. The van der Waals surface area contributed by atoms with Crippen LogP contribution in [0, 0.1) is 0 Å². The van der Waals surface area contributed by atoms with Crippen LogP contribution in [0.3, 0.4) is 0 Å². The van der Waals surface area contributed by atoms with E-state index in [1.807, 2.05) is 0 Å². The quantitative estimate of drug-likeness (QED) is 0.808. The van der Waals surface area contributed by atoms with E-state index in [-0.39, 0.29) is 23.1 Å². The van der Waals surface area contributed by atoms with Crippen LogP contribution in [0.2, 0.25) is 0 Å². The van der Waals surface area contributed by atoms with Crippen molar-refractivity contribution in [3.8, 4) is 5.75 Å². The summed E-state index contributed by atoms with van der Waals surface area (Å²) >= 11 is 0. The molecule has 0 bridgehead atoms. The van der Waals surface area contributed by atoms with Crippen LogP contribution in [-0.4, -0.2) is 25.6 Å². The maximum absolute atomic E-state index is 12.6. The number of alkyl halides is 3. The molecule has 138 valence electrons. The van der Waals surface area contributed by atoms with Gasteiger partial charge in [-0.3, -0.25) is 0 Å². The highest BCUT2D eigenvalue weighted by Gasteiger charge is 2.31. The lowest BCUT2D eigenvalue weighted by atomic mass is 10.0. The number of aromatic nitrogens is 1. The number of nitrogens with zero attached hydrogens (tertiary/aromatic N) is 2. The highest BCUT2D eigenvalue weighted by atomic mass is 32.2. The topological polar surface area (TPSA) is 77.9 Å². The molecule has 0 unspecified atom stereocenters. The zero-order valence-corrected chi connectivity index (χ0v) is 14.2. The van der Waals surface area contributed by atoms with E-state index in [2.05, 4.69) is 10.1 Å². The summed E-state index contributed by atoms with van der Waals surface area (Å²) in [5.41, 5.74) is -0.209. The number of ether oxygens (including phenoxy) is 1. The molecule has 1 aliphatic rings. The van der Waals surface area contributed by atoms with Crippen LogP contribution in [-0.2, 0) is 20.9 Å². The first-order chi connectivity index (χ1) is 12.1. The second kappa shape index (κ2) is 6.60. The zero-order chi connectivity index (χ0) is 18.9. The van der Waals surface area contributed by atoms with Gasteiger partial charge in [0.05, 0.1) is 18.2 Å². The van der Waals surface area contributed by atoms with E-state index in [1.54, 1.807) is 0 Å². The van der Waals surface area contributed by atoms with Gasteiger partial charge in [-0.1, -0.05) is 17.3 Å². The Bertz CT molecular complexity index is 923. The second-order valence-corrected chi connectivity index (χ2v) is 7.57. The Morgan fingerprint density at radius 1 is 1.15 bits per heavy atom. The van der Waals surface area contributed by atoms with E-state index in [9.17, 15) is 21.6 Å². The predicted octanol–water partition coefficient (Wildman–Crippen LogP) is 3.36. The highest BCUT2D eigenvalue weighted by molar-refractivity contribution is 7.90. The van der Waals surface area contributed by atoms with Gasteiger partial charge in [0.1, 0.15) is 5.75 Å². The summed E-state index contributed by atoms with van der Waals surface area (Å²) in [6.45, 7) is 0. The van der Waals surface area contributed by atoms with Gasteiger partial charge in [-0.25, -0.2) is 13.4 Å². The zero-order valence-electron chi connectivity index (χ0n) is 13.4. The van der Waals surface area contributed by atoms with Crippen molar-refractivity contribution in [2.45, 2.75) is 23.7 Å². The number of sulfone groups is 1. The molecule has 0 fully saturated rings. The van der Waals surface area contributed by atoms with E-state index in [4.69, 9.17) is 9.57 Å². The first-order valence-electron chi connectivity index (χ1n) is 7.37. The lowest BCUT2D eigenvalue weighted by Crippen LogP contribution is -2.09. The second-order valence-electron chi connectivity index (χ2n) is 5.61. The lowest BCUT2D eigenvalue weighted by Gasteiger charge is -2.11. The Labute approximate surface area is 147 Å². The van der Waals surface area contributed by atoms with Gasteiger partial charge in [0.15, 0.2) is 21.0 Å². The van der Waals surface area contributed by atoms with Crippen molar-refractivity contribution in [3.63, 3.8) is 0 Å². The molecule has 6 nitrogen and oxygen atoms in total. The summed E-state index contributed by atoms with van der Waals surface area (Å²) in [6, 6.07) is 7.34. The number of hydrogen-bond donors (Lipinski definition) is 0. The van der Waals surface area contributed by atoms with E-state index >= 15 is 0 Å². The van der Waals surface area contributed by atoms with Gasteiger partial charge in [-0.2, -0.15) is 13.2 Å².